The number of hydrogen-bond acceptors (Lipinski definition) is 12. The molecule has 24 heavy (non-hydrogen) atoms. The predicted molar refractivity (Wildman–Crippen MR) is 75.9 cm³/mol. The van der Waals surface area contributed by atoms with Gasteiger partial charge in [-0.05, 0) is 0 Å². The molecule has 0 aromatic heterocycles. The Labute approximate surface area is 137 Å². The van der Waals surface area contributed by atoms with Crippen LogP contribution >= 0.6 is 0 Å². The Kier molecular flexibility index (Phi) is 8.34. The molecule has 0 radical (unpaired) electrons. The fraction of sp³-hybridized carbons (Fsp3) is 1.00. The van der Waals surface area contributed by atoms with Gasteiger partial charge in [0.15, 0.2) is 0 Å². The molecular weight excluding hydrogens is 332 g/mol. The Bertz CT molecular complexity index is 334. The SMILES string of the molecule is N[C@@H]1OC(CO)[C@H](O)C(O)[C@@H]1O.N[C@@H]1OC(CO)[C@H](O)[C@@H](O)C1O. The molecule has 0 aromatic rings. The monoisotopic (exact) mass is 358 g/mol. The summed E-state index contributed by atoms with van der Waals surface area (Å²) in [6.07, 6.45) is -12.0. The van der Waals surface area contributed by atoms with Gasteiger partial charge in [-0.15, -0.1) is 0 Å². The minimum absolute atomic E-state index is 0.446. The van der Waals surface area contributed by atoms with E-state index >= 15 is 0 Å². The third-order valence-corrected chi connectivity index (χ3v) is 3.86. The first kappa shape index (κ1) is 21.6. The Hall–Kier alpha value is -0.480. The summed E-state index contributed by atoms with van der Waals surface area (Å²) < 4.78 is 9.60. The number of rotatable bonds is 2. The number of aliphatic hydroxyl groups excluding tert-OH is 8. The van der Waals surface area contributed by atoms with Gasteiger partial charge >= 0.3 is 0 Å². The second-order valence-corrected chi connectivity index (χ2v) is 5.59. The van der Waals surface area contributed by atoms with Crippen molar-refractivity contribution in [1.29, 1.82) is 0 Å². The van der Waals surface area contributed by atoms with Crippen LogP contribution < -0.4 is 11.5 Å². The lowest BCUT2D eigenvalue weighted by atomic mass is 9.99. The molecule has 0 aromatic carbocycles. The van der Waals surface area contributed by atoms with Gasteiger partial charge in [-0.2, -0.15) is 0 Å². The van der Waals surface area contributed by atoms with Crippen molar-refractivity contribution in [2.45, 2.75) is 61.3 Å². The molecule has 0 spiro atoms. The van der Waals surface area contributed by atoms with E-state index in [1.807, 2.05) is 0 Å². The lowest BCUT2D eigenvalue weighted by Gasteiger charge is -2.38. The minimum atomic E-state index is -1.37. The van der Waals surface area contributed by atoms with Gasteiger partial charge in [0.25, 0.3) is 0 Å². The summed E-state index contributed by atoms with van der Waals surface area (Å²) in [7, 11) is 0. The first-order chi connectivity index (χ1) is 11.1. The summed E-state index contributed by atoms with van der Waals surface area (Å²) in [6, 6.07) is 0. The van der Waals surface area contributed by atoms with Crippen molar-refractivity contribution in [1.82, 2.24) is 0 Å². The van der Waals surface area contributed by atoms with Crippen LogP contribution in [0.15, 0.2) is 0 Å². The molecule has 2 saturated heterocycles. The van der Waals surface area contributed by atoms with Crippen molar-refractivity contribution < 1.29 is 50.3 Å². The van der Waals surface area contributed by atoms with Gasteiger partial charge in [0.05, 0.1) is 13.2 Å². The zero-order chi connectivity index (χ0) is 18.6. The summed E-state index contributed by atoms with van der Waals surface area (Å²) in [5.41, 5.74) is 10.5. The van der Waals surface area contributed by atoms with Gasteiger partial charge in [0.1, 0.15) is 61.3 Å². The first-order valence-corrected chi connectivity index (χ1v) is 7.27. The van der Waals surface area contributed by atoms with Crippen LogP contribution in [0, 0.1) is 0 Å². The van der Waals surface area contributed by atoms with Crippen LogP contribution in [0.1, 0.15) is 0 Å². The lowest BCUT2D eigenvalue weighted by molar-refractivity contribution is -0.227. The second kappa shape index (κ2) is 9.28. The van der Waals surface area contributed by atoms with E-state index in [-0.39, 0.29) is 0 Å². The van der Waals surface area contributed by atoms with Crippen LogP contribution in [-0.4, -0.2) is 115 Å². The fourth-order valence-electron chi connectivity index (χ4n) is 2.26. The normalized spacial score (nSPS) is 49.2. The minimum Gasteiger partial charge on any atom is -0.394 e. The average Bonchev–Trinajstić information content (AvgIpc) is 2.58. The van der Waals surface area contributed by atoms with Crippen LogP contribution in [0.5, 0.6) is 0 Å². The van der Waals surface area contributed by atoms with E-state index in [4.69, 9.17) is 51.6 Å². The molecule has 0 amide bonds. The molecule has 10 atom stereocenters. The Morgan fingerprint density at radius 1 is 0.542 bits per heavy atom. The predicted octanol–water partition coefficient (Wildman–Crippen LogP) is -6.51. The van der Waals surface area contributed by atoms with Gasteiger partial charge in [-0.3, -0.25) is 0 Å². The van der Waals surface area contributed by atoms with E-state index in [2.05, 4.69) is 0 Å². The molecule has 2 rings (SSSR count). The molecular formula is C12H26N2O10. The third-order valence-electron chi connectivity index (χ3n) is 3.86. The molecule has 4 unspecified atom stereocenters. The Balaban J connectivity index is 0.000000240. The highest BCUT2D eigenvalue weighted by Gasteiger charge is 2.42. The van der Waals surface area contributed by atoms with Gasteiger partial charge in [-0.1, -0.05) is 0 Å². The molecule has 0 bridgehead atoms. The summed E-state index contributed by atoms with van der Waals surface area (Å²) in [5.74, 6) is 0. The highest BCUT2D eigenvalue weighted by molar-refractivity contribution is 4.90. The van der Waals surface area contributed by atoms with Crippen molar-refractivity contribution in [3.05, 3.63) is 0 Å². The van der Waals surface area contributed by atoms with Gasteiger partial charge < -0.3 is 61.8 Å². The third kappa shape index (κ3) is 4.78. The second-order valence-electron chi connectivity index (χ2n) is 5.59. The highest BCUT2D eigenvalue weighted by Crippen LogP contribution is 2.18. The molecule has 2 aliphatic rings. The summed E-state index contributed by atoms with van der Waals surface area (Å²) in [6.45, 7) is -0.892. The van der Waals surface area contributed by atoms with E-state index in [0.717, 1.165) is 0 Å². The quantitative estimate of drug-likeness (QED) is 0.222. The van der Waals surface area contributed by atoms with Gasteiger partial charge in [0, 0.05) is 0 Å². The van der Waals surface area contributed by atoms with Crippen LogP contribution in [0.2, 0.25) is 0 Å². The van der Waals surface area contributed by atoms with Crippen molar-refractivity contribution in [2.75, 3.05) is 13.2 Å². The van der Waals surface area contributed by atoms with E-state index in [1.54, 1.807) is 0 Å². The molecule has 2 fully saturated rings. The van der Waals surface area contributed by atoms with E-state index in [1.165, 1.54) is 0 Å². The van der Waals surface area contributed by atoms with Crippen LogP contribution in [-0.2, 0) is 9.47 Å². The Morgan fingerprint density at radius 3 is 1.08 bits per heavy atom. The van der Waals surface area contributed by atoms with Gasteiger partial charge in [-0.25, -0.2) is 0 Å². The van der Waals surface area contributed by atoms with Crippen LogP contribution in [0.4, 0.5) is 0 Å². The number of hydrogen-bond donors (Lipinski definition) is 10. The molecule has 12 nitrogen and oxygen atoms in total. The van der Waals surface area contributed by atoms with Crippen LogP contribution in [0.3, 0.4) is 0 Å². The van der Waals surface area contributed by atoms with E-state index < -0.39 is 74.5 Å². The topological polar surface area (TPSA) is 232 Å². The smallest absolute Gasteiger partial charge is 0.135 e. The van der Waals surface area contributed by atoms with Crippen LogP contribution in [0.25, 0.3) is 0 Å². The van der Waals surface area contributed by atoms with Crippen molar-refractivity contribution in [3.8, 4) is 0 Å². The maximum absolute atomic E-state index is 9.18. The number of aliphatic hydroxyl groups is 8. The molecule has 12 N–H and O–H groups in total. The number of ether oxygens (including phenoxy) is 2. The van der Waals surface area contributed by atoms with E-state index in [9.17, 15) is 10.2 Å². The standard InChI is InChI=1S/2C6H13NO5/c2*7-6-5(11)4(10)3(9)2(1-8)12-6/h2*2-6,8-11H,1,7H2/t2?,3-,4?,5-,6+;2?,3-,4+,5?,6+/m00/s1. The molecule has 2 heterocycles. The van der Waals surface area contributed by atoms with Crippen molar-refractivity contribution >= 4 is 0 Å². The largest absolute Gasteiger partial charge is 0.394 e. The summed E-state index contributed by atoms with van der Waals surface area (Å²) >= 11 is 0. The summed E-state index contributed by atoms with van der Waals surface area (Å²) in [4.78, 5) is 0. The van der Waals surface area contributed by atoms with E-state index in [0.29, 0.717) is 0 Å². The molecule has 2 aliphatic heterocycles. The maximum atomic E-state index is 9.18. The van der Waals surface area contributed by atoms with Crippen molar-refractivity contribution in [2.24, 2.45) is 11.5 Å². The van der Waals surface area contributed by atoms with Gasteiger partial charge in [0.2, 0.25) is 0 Å². The zero-order valence-corrected chi connectivity index (χ0v) is 12.7. The molecule has 0 saturated carbocycles. The fourth-order valence-corrected chi connectivity index (χ4v) is 2.26. The highest BCUT2D eigenvalue weighted by atomic mass is 16.6. The lowest BCUT2D eigenvalue weighted by Crippen LogP contribution is -2.61. The summed E-state index contributed by atoms with van der Waals surface area (Å²) in [5, 5.41) is 72.1. The maximum Gasteiger partial charge on any atom is 0.135 e. The number of nitrogens with two attached hydrogens (primary N) is 2. The average molecular weight is 358 g/mol. The Morgan fingerprint density at radius 2 is 0.833 bits per heavy atom. The molecule has 12 heteroatoms. The molecule has 144 valence electrons. The van der Waals surface area contributed by atoms with Crippen molar-refractivity contribution in [3.63, 3.8) is 0 Å². The first-order valence-electron chi connectivity index (χ1n) is 7.27. The molecule has 0 aliphatic carbocycles. The zero-order valence-electron chi connectivity index (χ0n) is 12.7.